The average Bonchev–Trinajstić information content (AvgIpc) is 3.02. The van der Waals surface area contributed by atoms with Crippen LogP contribution in [0.25, 0.3) is 10.8 Å². The van der Waals surface area contributed by atoms with Crippen LogP contribution >= 0.6 is 0 Å². The summed E-state index contributed by atoms with van der Waals surface area (Å²) in [5.74, 6) is 1.37. The Hall–Kier alpha value is -5.38. The first-order valence-corrected chi connectivity index (χ1v) is 13.6. The van der Waals surface area contributed by atoms with Crippen molar-refractivity contribution in [1.82, 2.24) is 15.0 Å². The van der Waals surface area contributed by atoms with Crippen LogP contribution in [0.5, 0.6) is 5.75 Å². The highest BCUT2D eigenvalue weighted by molar-refractivity contribution is 5.92. The normalized spacial score (nSPS) is 13.7. The summed E-state index contributed by atoms with van der Waals surface area (Å²) in [7, 11) is 0. The van der Waals surface area contributed by atoms with E-state index >= 15 is 0 Å². The van der Waals surface area contributed by atoms with Crippen LogP contribution in [0.2, 0.25) is 0 Å². The Morgan fingerprint density at radius 2 is 1.54 bits per heavy atom. The van der Waals surface area contributed by atoms with Crippen LogP contribution in [-0.2, 0) is 0 Å². The molecular formula is C31H29N9O. The number of fused-ring (bicyclic) bond motifs is 1. The molecule has 0 atom stereocenters. The number of aromatic hydroxyl groups is 1. The number of aromatic nitrogens is 3. The highest BCUT2D eigenvalue weighted by atomic mass is 16.3. The van der Waals surface area contributed by atoms with E-state index in [1.165, 1.54) is 12.6 Å². The molecule has 0 radical (unpaired) electrons. The van der Waals surface area contributed by atoms with Gasteiger partial charge in [0, 0.05) is 29.7 Å². The zero-order chi connectivity index (χ0) is 27.9. The molecule has 0 saturated carbocycles. The molecule has 1 aliphatic rings. The van der Waals surface area contributed by atoms with Crippen molar-refractivity contribution in [2.24, 2.45) is 15.3 Å². The quantitative estimate of drug-likeness (QED) is 0.106. The van der Waals surface area contributed by atoms with Crippen LogP contribution in [0.4, 0.5) is 34.9 Å². The molecule has 5 aromatic rings. The Morgan fingerprint density at radius 3 is 2.41 bits per heavy atom. The molecule has 1 fully saturated rings. The van der Waals surface area contributed by atoms with Crippen molar-refractivity contribution in [2.75, 3.05) is 28.7 Å². The number of anilines is 4. The predicted molar refractivity (Wildman–Crippen MR) is 163 cm³/mol. The van der Waals surface area contributed by atoms with Gasteiger partial charge in [-0.25, -0.2) is 5.43 Å². The van der Waals surface area contributed by atoms with E-state index in [9.17, 15) is 5.11 Å². The number of phenolic OH excluding ortho intramolecular Hbond substituents is 1. The number of benzene rings is 4. The fraction of sp³-hybridized carbons (Fsp3) is 0.161. The minimum Gasteiger partial charge on any atom is -0.507 e. The molecule has 204 valence electrons. The molecule has 10 nitrogen and oxygen atoms in total. The van der Waals surface area contributed by atoms with E-state index < -0.39 is 0 Å². The summed E-state index contributed by atoms with van der Waals surface area (Å²) in [6.45, 7) is 1.79. The lowest BCUT2D eigenvalue weighted by molar-refractivity contribution is 0.474. The monoisotopic (exact) mass is 543 g/mol. The Kier molecular flexibility index (Phi) is 7.70. The van der Waals surface area contributed by atoms with Gasteiger partial charge in [-0.2, -0.15) is 25.2 Å². The molecule has 2 heterocycles. The summed E-state index contributed by atoms with van der Waals surface area (Å²) in [4.78, 5) is 15.9. The van der Waals surface area contributed by atoms with Crippen molar-refractivity contribution in [3.63, 3.8) is 0 Å². The van der Waals surface area contributed by atoms with Gasteiger partial charge in [-0.3, -0.25) is 0 Å². The first-order chi connectivity index (χ1) is 20.2. The van der Waals surface area contributed by atoms with E-state index in [0.717, 1.165) is 48.1 Å². The van der Waals surface area contributed by atoms with E-state index in [-0.39, 0.29) is 5.75 Å². The molecule has 0 aliphatic carbocycles. The minimum atomic E-state index is 0.0655. The number of nitrogens with zero attached hydrogens (tertiary/aromatic N) is 7. The van der Waals surface area contributed by atoms with Crippen molar-refractivity contribution in [1.29, 1.82) is 0 Å². The second-order valence-corrected chi connectivity index (χ2v) is 9.63. The van der Waals surface area contributed by atoms with Crippen molar-refractivity contribution in [3.05, 3.63) is 96.6 Å². The molecule has 0 amide bonds. The number of hydrogen-bond donors (Lipinski definition) is 3. The summed E-state index contributed by atoms with van der Waals surface area (Å²) in [5, 5.41) is 28.9. The number of para-hydroxylation sites is 1. The number of phenols is 1. The average molecular weight is 544 g/mol. The van der Waals surface area contributed by atoms with E-state index in [4.69, 9.17) is 0 Å². The van der Waals surface area contributed by atoms with Gasteiger partial charge in [-0.15, -0.1) is 5.11 Å². The molecule has 0 bridgehead atoms. The molecule has 0 spiro atoms. The fourth-order valence-electron chi connectivity index (χ4n) is 4.63. The molecular weight excluding hydrogens is 514 g/mol. The maximum atomic E-state index is 10.4. The lowest BCUT2D eigenvalue weighted by Crippen LogP contribution is -2.31. The van der Waals surface area contributed by atoms with E-state index in [1.807, 2.05) is 72.8 Å². The Morgan fingerprint density at radius 1 is 0.756 bits per heavy atom. The molecule has 6 rings (SSSR count). The van der Waals surface area contributed by atoms with E-state index in [0.29, 0.717) is 29.1 Å². The third-order valence-corrected chi connectivity index (χ3v) is 6.71. The van der Waals surface area contributed by atoms with Gasteiger partial charge in [0.1, 0.15) is 5.75 Å². The van der Waals surface area contributed by atoms with Crippen molar-refractivity contribution >= 4 is 51.9 Å². The summed E-state index contributed by atoms with van der Waals surface area (Å²) < 4.78 is 0. The summed E-state index contributed by atoms with van der Waals surface area (Å²) in [5.41, 5.74) is 5.60. The summed E-state index contributed by atoms with van der Waals surface area (Å²) in [6.07, 6.45) is 4.90. The van der Waals surface area contributed by atoms with Gasteiger partial charge < -0.3 is 15.3 Å². The zero-order valence-electron chi connectivity index (χ0n) is 22.4. The molecule has 4 aromatic carbocycles. The van der Waals surface area contributed by atoms with Crippen LogP contribution in [0.3, 0.4) is 0 Å². The number of azo groups is 1. The van der Waals surface area contributed by atoms with Gasteiger partial charge in [0.2, 0.25) is 17.8 Å². The van der Waals surface area contributed by atoms with Crippen LogP contribution in [0.1, 0.15) is 24.8 Å². The maximum absolute atomic E-state index is 10.4. The topological polar surface area (TPSA) is 123 Å². The number of hydrazone groups is 1. The standard InChI is InChI=1S/C31H29N9O/c41-28-17-16-25(37-38-27-15-9-11-22-10-5-6-14-26(22)27)20-23(28)21-32-39-30-34-29(33-24-12-3-1-4-13-24)35-31(36-30)40-18-7-2-8-19-40/h1,3-6,9-17,20-21,41H,2,7-8,18-19H2,(H2,33,34,35,36,39)/b32-21-,38-37?. The molecule has 41 heavy (non-hydrogen) atoms. The largest absolute Gasteiger partial charge is 0.507 e. The lowest BCUT2D eigenvalue weighted by atomic mass is 10.1. The van der Waals surface area contributed by atoms with Gasteiger partial charge in [-0.1, -0.05) is 54.6 Å². The number of piperidine rings is 1. The number of rotatable bonds is 8. The van der Waals surface area contributed by atoms with E-state index in [2.05, 4.69) is 45.9 Å². The summed E-state index contributed by atoms with van der Waals surface area (Å²) >= 11 is 0. The van der Waals surface area contributed by atoms with Crippen molar-refractivity contribution in [3.8, 4) is 5.75 Å². The second-order valence-electron chi connectivity index (χ2n) is 9.63. The highest BCUT2D eigenvalue weighted by Gasteiger charge is 2.16. The zero-order valence-corrected chi connectivity index (χ0v) is 22.4. The van der Waals surface area contributed by atoms with E-state index in [1.54, 1.807) is 18.2 Å². The molecule has 1 aromatic heterocycles. The molecule has 0 unspecified atom stereocenters. The maximum Gasteiger partial charge on any atom is 0.250 e. The fourth-order valence-corrected chi connectivity index (χ4v) is 4.63. The predicted octanol–water partition coefficient (Wildman–Crippen LogP) is 7.33. The smallest absolute Gasteiger partial charge is 0.250 e. The van der Waals surface area contributed by atoms with Gasteiger partial charge in [0.15, 0.2) is 0 Å². The first kappa shape index (κ1) is 25.9. The van der Waals surface area contributed by atoms with Gasteiger partial charge in [0.25, 0.3) is 0 Å². The van der Waals surface area contributed by atoms with Crippen molar-refractivity contribution in [2.45, 2.75) is 19.3 Å². The third kappa shape index (κ3) is 6.44. The lowest BCUT2D eigenvalue weighted by Gasteiger charge is -2.26. The minimum absolute atomic E-state index is 0.0655. The van der Waals surface area contributed by atoms with Crippen LogP contribution in [0.15, 0.2) is 106 Å². The highest BCUT2D eigenvalue weighted by Crippen LogP contribution is 2.29. The van der Waals surface area contributed by atoms with Crippen LogP contribution in [0, 0.1) is 0 Å². The Bertz CT molecular complexity index is 1690. The van der Waals surface area contributed by atoms with Gasteiger partial charge in [0.05, 0.1) is 17.6 Å². The number of hydrogen-bond acceptors (Lipinski definition) is 10. The SMILES string of the molecule is Oc1ccc(N=Nc2cccc3ccccc23)cc1/C=N\Nc1nc(Nc2ccccc2)nc(N2CCCCC2)n1. The molecule has 1 saturated heterocycles. The third-order valence-electron chi connectivity index (χ3n) is 6.71. The molecule has 10 heteroatoms. The Labute approximate surface area is 237 Å². The van der Waals surface area contributed by atoms with Gasteiger partial charge in [-0.05, 0) is 61.0 Å². The first-order valence-electron chi connectivity index (χ1n) is 13.6. The number of nitrogens with one attached hydrogen (secondary N) is 2. The van der Waals surface area contributed by atoms with Crippen LogP contribution in [-0.4, -0.2) is 39.4 Å². The van der Waals surface area contributed by atoms with Crippen molar-refractivity contribution < 1.29 is 5.11 Å². The van der Waals surface area contributed by atoms with Gasteiger partial charge >= 0.3 is 0 Å². The Balaban J connectivity index is 1.21. The molecule has 3 N–H and O–H groups in total. The summed E-state index contributed by atoms with van der Waals surface area (Å²) in [6, 6.07) is 28.7. The van der Waals surface area contributed by atoms with Crippen LogP contribution < -0.4 is 15.6 Å². The second kappa shape index (κ2) is 12.2. The molecule has 1 aliphatic heterocycles.